The van der Waals surface area contributed by atoms with Crippen molar-refractivity contribution >= 4 is 11.9 Å². The van der Waals surface area contributed by atoms with Crippen LogP contribution < -0.4 is 10.2 Å². The van der Waals surface area contributed by atoms with Crippen LogP contribution in [0.2, 0.25) is 0 Å². The minimum absolute atomic E-state index is 0.204. The summed E-state index contributed by atoms with van der Waals surface area (Å²) in [4.78, 5) is 23.5. The molecule has 0 unspecified atom stereocenters. The summed E-state index contributed by atoms with van der Waals surface area (Å²) in [5, 5.41) is 2.90. The average Bonchev–Trinajstić information content (AvgIpc) is 2.68. The first kappa shape index (κ1) is 17.3. The highest BCUT2D eigenvalue weighted by atomic mass is 16.5. The van der Waals surface area contributed by atoms with Crippen molar-refractivity contribution in [2.75, 3.05) is 38.3 Å². The molecule has 1 amide bonds. The molecule has 1 aromatic carbocycles. The van der Waals surface area contributed by atoms with Crippen molar-refractivity contribution in [3.63, 3.8) is 0 Å². The van der Waals surface area contributed by atoms with Gasteiger partial charge in [-0.05, 0) is 5.56 Å². The number of anilines is 1. The number of rotatable bonds is 6. The third-order valence-corrected chi connectivity index (χ3v) is 3.97. The van der Waals surface area contributed by atoms with Gasteiger partial charge in [0.05, 0.1) is 31.1 Å². The maximum absolute atomic E-state index is 12.5. The molecule has 7 heteroatoms. The van der Waals surface area contributed by atoms with Crippen LogP contribution in [-0.2, 0) is 22.6 Å². The molecular weight excluding hydrogens is 320 g/mol. The largest absolute Gasteiger partial charge is 0.378 e. The Morgan fingerprint density at radius 2 is 2.04 bits per heavy atom. The summed E-state index contributed by atoms with van der Waals surface area (Å²) in [6.07, 6.45) is 1.58. The second kappa shape index (κ2) is 8.55. The third-order valence-electron chi connectivity index (χ3n) is 3.97. The number of benzene rings is 1. The minimum atomic E-state index is -0.204. The van der Waals surface area contributed by atoms with Gasteiger partial charge >= 0.3 is 0 Å². The summed E-state index contributed by atoms with van der Waals surface area (Å²) in [7, 11) is 1.59. The fourth-order valence-electron chi connectivity index (χ4n) is 2.63. The smallest absolute Gasteiger partial charge is 0.255 e. The monoisotopic (exact) mass is 342 g/mol. The van der Waals surface area contributed by atoms with Gasteiger partial charge in [0.2, 0.25) is 5.95 Å². The number of ether oxygens (including phenoxy) is 2. The number of methoxy groups -OCH3 is 1. The van der Waals surface area contributed by atoms with E-state index in [9.17, 15) is 4.79 Å². The highest BCUT2D eigenvalue weighted by Gasteiger charge is 2.19. The second-order valence-corrected chi connectivity index (χ2v) is 5.73. The average molecular weight is 342 g/mol. The van der Waals surface area contributed by atoms with Crippen molar-refractivity contribution in [2.45, 2.75) is 13.2 Å². The first-order valence-electron chi connectivity index (χ1n) is 8.27. The first-order chi connectivity index (χ1) is 12.3. The fourth-order valence-corrected chi connectivity index (χ4v) is 2.63. The van der Waals surface area contributed by atoms with Crippen LogP contribution in [0.15, 0.2) is 36.5 Å². The number of amides is 1. The molecular formula is C18H22N4O3. The quantitative estimate of drug-likeness (QED) is 0.855. The van der Waals surface area contributed by atoms with E-state index in [1.165, 1.54) is 0 Å². The summed E-state index contributed by atoms with van der Waals surface area (Å²) < 4.78 is 10.6. The maximum atomic E-state index is 12.5. The van der Waals surface area contributed by atoms with Crippen LogP contribution in [-0.4, -0.2) is 49.3 Å². The normalized spacial score (nSPS) is 14.4. The fraction of sp³-hybridized carbons (Fsp3) is 0.389. The first-order valence-corrected chi connectivity index (χ1v) is 8.27. The highest BCUT2D eigenvalue weighted by molar-refractivity contribution is 5.95. The molecule has 0 saturated carbocycles. The zero-order valence-corrected chi connectivity index (χ0v) is 14.3. The van der Waals surface area contributed by atoms with Gasteiger partial charge in [0.25, 0.3) is 5.91 Å². The second-order valence-electron chi connectivity index (χ2n) is 5.73. The molecule has 25 heavy (non-hydrogen) atoms. The van der Waals surface area contributed by atoms with E-state index < -0.39 is 0 Å². The Balaban J connectivity index is 1.73. The molecule has 1 fully saturated rings. The topological polar surface area (TPSA) is 76.6 Å². The number of morpholine rings is 1. The molecule has 0 bridgehead atoms. The van der Waals surface area contributed by atoms with E-state index >= 15 is 0 Å². The molecule has 7 nitrogen and oxygen atoms in total. The highest BCUT2D eigenvalue weighted by Crippen LogP contribution is 2.14. The molecule has 2 heterocycles. The van der Waals surface area contributed by atoms with Crippen molar-refractivity contribution in [2.24, 2.45) is 0 Å². The summed E-state index contributed by atoms with van der Waals surface area (Å²) in [5.41, 5.74) is 2.06. The van der Waals surface area contributed by atoms with Gasteiger partial charge in [-0.25, -0.2) is 9.97 Å². The zero-order chi connectivity index (χ0) is 17.5. The van der Waals surface area contributed by atoms with Crippen LogP contribution >= 0.6 is 0 Å². The lowest BCUT2D eigenvalue weighted by atomic mass is 10.2. The van der Waals surface area contributed by atoms with Gasteiger partial charge in [-0.15, -0.1) is 0 Å². The Labute approximate surface area is 147 Å². The molecule has 3 rings (SSSR count). The summed E-state index contributed by atoms with van der Waals surface area (Å²) in [5.74, 6) is 0.402. The van der Waals surface area contributed by atoms with Gasteiger partial charge in [-0.1, -0.05) is 30.3 Å². The number of nitrogens with one attached hydrogen (secondary N) is 1. The Morgan fingerprint density at radius 3 is 2.76 bits per heavy atom. The molecule has 0 spiro atoms. The Hall–Kier alpha value is -2.51. The maximum Gasteiger partial charge on any atom is 0.255 e. The van der Waals surface area contributed by atoms with E-state index in [2.05, 4.69) is 15.3 Å². The van der Waals surface area contributed by atoms with Crippen LogP contribution in [0, 0.1) is 0 Å². The third kappa shape index (κ3) is 4.52. The Kier molecular flexibility index (Phi) is 5.92. The van der Waals surface area contributed by atoms with Crippen molar-refractivity contribution in [1.29, 1.82) is 0 Å². The van der Waals surface area contributed by atoms with E-state index in [1.807, 2.05) is 35.2 Å². The van der Waals surface area contributed by atoms with Crippen LogP contribution in [0.25, 0.3) is 0 Å². The molecule has 1 N–H and O–H groups in total. The van der Waals surface area contributed by atoms with Crippen LogP contribution in [0.1, 0.15) is 21.6 Å². The number of hydrogen-bond donors (Lipinski definition) is 1. The van der Waals surface area contributed by atoms with E-state index in [0.29, 0.717) is 37.0 Å². The minimum Gasteiger partial charge on any atom is -0.378 e. The Morgan fingerprint density at radius 1 is 1.28 bits per heavy atom. The summed E-state index contributed by atoms with van der Waals surface area (Å²) in [6, 6.07) is 9.76. The SMILES string of the molecule is COCc1nc(N2CCOCC2)ncc1C(=O)NCc1ccccc1. The summed E-state index contributed by atoms with van der Waals surface area (Å²) >= 11 is 0. The predicted molar refractivity (Wildman–Crippen MR) is 93.4 cm³/mol. The van der Waals surface area contributed by atoms with Crippen molar-refractivity contribution in [3.05, 3.63) is 53.3 Å². The van der Waals surface area contributed by atoms with Gasteiger partial charge in [-0.2, -0.15) is 0 Å². The zero-order valence-electron chi connectivity index (χ0n) is 14.3. The van der Waals surface area contributed by atoms with Gasteiger partial charge in [0.1, 0.15) is 0 Å². The van der Waals surface area contributed by atoms with Gasteiger partial charge < -0.3 is 19.7 Å². The van der Waals surface area contributed by atoms with Crippen molar-refractivity contribution in [3.8, 4) is 0 Å². The van der Waals surface area contributed by atoms with Crippen LogP contribution in [0.5, 0.6) is 0 Å². The molecule has 1 aliphatic heterocycles. The summed E-state index contributed by atoms with van der Waals surface area (Å²) in [6.45, 7) is 3.51. The lowest BCUT2D eigenvalue weighted by Crippen LogP contribution is -2.37. The van der Waals surface area contributed by atoms with E-state index in [4.69, 9.17) is 9.47 Å². The van der Waals surface area contributed by atoms with E-state index in [-0.39, 0.29) is 12.5 Å². The molecule has 0 aliphatic carbocycles. The molecule has 1 aliphatic rings. The van der Waals surface area contributed by atoms with Gasteiger partial charge in [0, 0.05) is 32.9 Å². The molecule has 0 atom stereocenters. The Bertz CT molecular complexity index is 703. The van der Waals surface area contributed by atoms with Gasteiger partial charge in [-0.3, -0.25) is 4.79 Å². The number of aromatic nitrogens is 2. The lowest BCUT2D eigenvalue weighted by Gasteiger charge is -2.27. The molecule has 0 radical (unpaired) electrons. The van der Waals surface area contributed by atoms with Crippen LogP contribution in [0.4, 0.5) is 5.95 Å². The van der Waals surface area contributed by atoms with Gasteiger partial charge in [0.15, 0.2) is 0 Å². The number of carbonyl (C=O) groups excluding carboxylic acids is 1. The molecule has 1 aromatic heterocycles. The van der Waals surface area contributed by atoms with Crippen molar-refractivity contribution < 1.29 is 14.3 Å². The lowest BCUT2D eigenvalue weighted by molar-refractivity contribution is 0.0944. The van der Waals surface area contributed by atoms with Crippen molar-refractivity contribution in [1.82, 2.24) is 15.3 Å². The van der Waals surface area contributed by atoms with E-state index in [0.717, 1.165) is 18.7 Å². The number of nitrogens with zero attached hydrogens (tertiary/aromatic N) is 3. The van der Waals surface area contributed by atoms with Crippen LogP contribution in [0.3, 0.4) is 0 Å². The standard InChI is InChI=1S/C18H22N4O3/c1-24-13-16-15(17(23)19-11-14-5-3-2-4-6-14)12-20-18(21-16)22-7-9-25-10-8-22/h2-6,12H,7-11,13H2,1H3,(H,19,23). The molecule has 132 valence electrons. The molecule has 2 aromatic rings. The number of hydrogen-bond acceptors (Lipinski definition) is 6. The molecule has 1 saturated heterocycles. The predicted octanol–water partition coefficient (Wildman–Crippen LogP) is 1.39. The van der Waals surface area contributed by atoms with E-state index in [1.54, 1.807) is 13.3 Å². The number of carbonyl (C=O) groups is 1.